The Morgan fingerprint density at radius 1 is 1.07 bits per heavy atom. The number of hydrogen-bond acceptors (Lipinski definition) is 4. The van der Waals surface area contributed by atoms with Crippen molar-refractivity contribution in [2.75, 3.05) is 19.6 Å². The molecule has 0 aromatic carbocycles. The Morgan fingerprint density at radius 2 is 1.93 bits per heavy atom. The van der Waals surface area contributed by atoms with Crippen molar-refractivity contribution in [1.82, 2.24) is 24.6 Å². The van der Waals surface area contributed by atoms with Gasteiger partial charge in [0.25, 0.3) is 0 Å². The third kappa shape index (κ3) is 3.76. The number of rotatable bonds is 4. The van der Waals surface area contributed by atoms with Crippen molar-refractivity contribution in [2.24, 2.45) is 12.5 Å². The number of carbonyl (C=O) groups is 1. The summed E-state index contributed by atoms with van der Waals surface area (Å²) >= 11 is 0. The number of aryl methyl sites for hydroxylation is 2. The highest BCUT2D eigenvalue weighted by atomic mass is 16.2. The molecule has 4 rings (SSSR count). The quantitative estimate of drug-likeness (QED) is 0.833. The second-order valence-electron chi connectivity index (χ2n) is 8.10. The van der Waals surface area contributed by atoms with Gasteiger partial charge >= 0.3 is 0 Å². The van der Waals surface area contributed by atoms with Gasteiger partial charge in [-0.1, -0.05) is 6.07 Å². The second-order valence-corrected chi connectivity index (χ2v) is 8.10. The molecular weight excluding hydrogens is 338 g/mol. The number of likely N-dealkylation sites (tertiary alicyclic amines) is 2. The van der Waals surface area contributed by atoms with Crippen LogP contribution >= 0.6 is 0 Å². The monoisotopic (exact) mass is 367 g/mol. The Morgan fingerprint density at radius 3 is 2.70 bits per heavy atom. The molecule has 1 unspecified atom stereocenters. The Hall–Kier alpha value is -2.21. The fraction of sp³-hybridized carbons (Fsp3) is 0.571. The molecular formula is C21H29N5O. The summed E-state index contributed by atoms with van der Waals surface area (Å²) in [4.78, 5) is 22.3. The molecule has 0 N–H and O–H groups in total. The highest BCUT2D eigenvalue weighted by molar-refractivity contribution is 5.84. The summed E-state index contributed by atoms with van der Waals surface area (Å²) in [5, 5.41) is 4.27. The van der Waals surface area contributed by atoms with Crippen LogP contribution in [0.25, 0.3) is 0 Å². The van der Waals surface area contributed by atoms with E-state index in [1.54, 1.807) is 0 Å². The van der Waals surface area contributed by atoms with Crippen molar-refractivity contribution >= 4 is 5.91 Å². The van der Waals surface area contributed by atoms with Crippen LogP contribution in [-0.2, 0) is 24.9 Å². The van der Waals surface area contributed by atoms with Crippen LogP contribution in [0.15, 0.2) is 30.5 Å². The van der Waals surface area contributed by atoms with E-state index in [1.807, 2.05) is 47.9 Å². The van der Waals surface area contributed by atoms with Gasteiger partial charge in [-0.25, -0.2) is 0 Å². The molecule has 1 amide bonds. The second kappa shape index (κ2) is 7.43. The largest absolute Gasteiger partial charge is 0.336 e. The average Bonchev–Trinajstić information content (AvgIpc) is 3.09. The molecule has 2 fully saturated rings. The normalized spacial score (nSPS) is 23.9. The SMILES string of the molecule is Cc1cccc(CN2CCC3(CCCN(Cc4ccnn4C)CC3)C2=O)n1. The smallest absolute Gasteiger partial charge is 0.229 e. The van der Waals surface area contributed by atoms with Gasteiger partial charge in [-0.15, -0.1) is 0 Å². The molecule has 0 radical (unpaired) electrons. The standard InChI is InChI=1S/C21H29N5O/c1-17-5-3-6-18(23-17)15-26-14-10-21(20(26)27)8-4-12-25(13-9-21)16-19-7-11-22-24(19)2/h3,5-7,11H,4,8-10,12-16H2,1-2H3. The number of hydrogen-bond donors (Lipinski definition) is 0. The topological polar surface area (TPSA) is 54.3 Å². The summed E-state index contributed by atoms with van der Waals surface area (Å²) in [6, 6.07) is 8.13. The zero-order chi connectivity index (χ0) is 18.9. The molecule has 2 aliphatic heterocycles. The molecule has 2 aromatic heterocycles. The lowest BCUT2D eigenvalue weighted by Gasteiger charge is -2.26. The maximum absolute atomic E-state index is 13.3. The zero-order valence-electron chi connectivity index (χ0n) is 16.4. The van der Waals surface area contributed by atoms with E-state index in [2.05, 4.69) is 21.0 Å². The first-order chi connectivity index (χ1) is 13.1. The predicted octanol–water partition coefficient (Wildman–Crippen LogP) is 2.53. The van der Waals surface area contributed by atoms with Crippen LogP contribution in [0.2, 0.25) is 0 Å². The number of nitrogens with zero attached hydrogens (tertiary/aromatic N) is 5. The fourth-order valence-corrected chi connectivity index (χ4v) is 4.58. The molecule has 1 spiro atoms. The first-order valence-corrected chi connectivity index (χ1v) is 9.97. The highest BCUT2D eigenvalue weighted by Gasteiger charge is 2.46. The Bertz CT molecular complexity index is 816. The first kappa shape index (κ1) is 18.2. The molecule has 6 heteroatoms. The molecule has 2 saturated heterocycles. The number of carbonyl (C=O) groups excluding carboxylic acids is 1. The maximum Gasteiger partial charge on any atom is 0.229 e. The summed E-state index contributed by atoms with van der Waals surface area (Å²) in [6.07, 6.45) is 5.89. The zero-order valence-corrected chi connectivity index (χ0v) is 16.4. The van der Waals surface area contributed by atoms with E-state index in [0.29, 0.717) is 12.5 Å². The summed E-state index contributed by atoms with van der Waals surface area (Å²) in [7, 11) is 1.99. The van der Waals surface area contributed by atoms with Crippen LogP contribution in [-0.4, -0.2) is 50.1 Å². The molecule has 2 aliphatic rings. The van der Waals surface area contributed by atoms with Gasteiger partial charge in [0.2, 0.25) is 5.91 Å². The first-order valence-electron chi connectivity index (χ1n) is 9.97. The molecule has 6 nitrogen and oxygen atoms in total. The summed E-state index contributed by atoms with van der Waals surface area (Å²) in [5.41, 5.74) is 3.07. The van der Waals surface area contributed by atoms with Crippen LogP contribution in [0, 0.1) is 12.3 Å². The molecule has 0 aliphatic carbocycles. The van der Waals surface area contributed by atoms with Gasteiger partial charge in [0, 0.05) is 32.0 Å². The van der Waals surface area contributed by atoms with Crippen molar-refractivity contribution in [1.29, 1.82) is 0 Å². The van der Waals surface area contributed by atoms with E-state index in [0.717, 1.165) is 63.3 Å². The van der Waals surface area contributed by atoms with Crippen molar-refractivity contribution in [3.05, 3.63) is 47.5 Å². The number of aromatic nitrogens is 3. The number of pyridine rings is 1. The van der Waals surface area contributed by atoms with E-state index in [4.69, 9.17) is 0 Å². The number of amides is 1. The fourth-order valence-electron chi connectivity index (χ4n) is 4.58. The molecule has 1 atom stereocenters. The third-order valence-electron chi connectivity index (χ3n) is 6.24. The maximum atomic E-state index is 13.3. The van der Waals surface area contributed by atoms with Crippen LogP contribution in [0.5, 0.6) is 0 Å². The van der Waals surface area contributed by atoms with E-state index in [-0.39, 0.29) is 5.41 Å². The van der Waals surface area contributed by atoms with Crippen molar-refractivity contribution in [3.63, 3.8) is 0 Å². The Balaban J connectivity index is 1.40. The lowest BCUT2D eigenvalue weighted by Crippen LogP contribution is -2.35. The third-order valence-corrected chi connectivity index (χ3v) is 6.24. The lowest BCUT2D eigenvalue weighted by molar-refractivity contribution is -0.137. The van der Waals surface area contributed by atoms with Gasteiger partial charge in [0.15, 0.2) is 0 Å². The summed E-state index contributed by atoms with van der Waals surface area (Å²) in [6.45, 7) is 6.45. The van der Waals surface area contributed by atoms with E-state index in [1.165, 1.54) is 5.69 Å². The minimum Gasteiger partial charge on any atom is -0.336 e. The predicted molar refractivity (Wildman–Crippen MR) is 104 cm³/mol. The molecule has 0 bridgehead atoms. The van der Waals surface area contributed by atoms with Crippen LogP contribution in [0.3, 0.4) is 0 Å². The van der Waals surface area contributed by atoms with Crippen LogP contribution in [0.4, 0.5) is 0 Å². The highest BCUT2D eigenvalue weighted by Crippen LogP contribution is 2.42. The molecule has 2 aromatic rings. The summed E-state index contributed by atoms with van der Waals surface area (Å²) in [5.74, 6) is 0.341. The Kier molecular flexibility index (Phi) is 5.00. The lowest BCUT2D eigenvalue weighted by atomic mass is 9.79. The van der Waals surface area contributed by atoms with Crippen LogP contribution < -0.4 is 0 Å². The van der Waals surface area contributed by atoms with Gasteiger partial charge < -0.3 is 4.90 Å². The van der Waals surface area contributed by atoms with Crippen molar-refractivity contribution in [3.8, 4) is 0 Å². The van der Waals surface area contributed by atoms with Gasteiger partial charge in [0.05, 0.1) is 23.3 Å². The van der Waals surface area contributed by atoms with Crippen molar-refractivity contribution in [2.45, 2.75) is 45.7 Å². The van der Waals surface area contributed by atoms with Crippen molar-refractivity contribution < 1.29 is 4.79 Å². The minimum absolute atomic E-state index is 0.162. The van der Waals surface area contributed by atoms with Gasteiger partial charge in [-0.05, 0) is 63.9 Å². The van der Waals surface area contributed by atoms with Crippen LogP contribution in [0.1, 0.15) is 42.8 Å². The molecule has 4 heterocycles. The van der Waals surface area contributed by atoms with Gasteiger partial charge in [-0.2, -0.15) is 5.10 Å². The van der Waals surface area contributed by atoms with E-state index >= 15 is 0 Å². The van der Waals surface area contributed by atoms with E-state index in [9.17, 15) is 4.79 Å². The molecule has 0 saturated carbocycles. The average molecular weight is 367 g/mol. The molecule has 27 heavy (non-hydrogen) atoms. The van der Waals surface area contributed by atoms with Gasteiger partial charge in [0.1, 0.15) is 0 Å². The Labute approximate surface area is 161 Å². The minimum atomic E-state index is -0.162. The van der Waals surface area contributed by atoms with E-state index < -0.39 is 0 Å². The van der Waals surface area contributed by atoms with Gasteiger partial charge in [-0.3, -0.25) is 19.4 Å². The summed E-state index contributed by atoms with van der Waals surface area (Å²) < 4.78 is 1.94. The molecule has 144 valence electrons.